The molecule has 2 aromatic heterocycles. The second-order valence-corrected chi connectivity index (χ2v) is 9.55. The SMILES string of the molecule is CC(=O)Nc1ccc(C(F)(F)F)cc1NC(=O)C1CCN(c2ncnc3sc(C)c(C)c23)CC1. The van der Waals surface area contributed by atoms with Crippen LogP contribution in [0.25, 0.3) is 10.2 Å². The minimum atomic E-state index is -4.57. The fourth-order valence-electron chi connectivity index (χ4n) is 4.11. The van der Waals surface area contributed by atoms with E-state index in [-0.39, 0.29) is 23.2 Å². The van der Waals surface area contributed by atoms with E-state index in [1.807, 2.05) is 13.8 Å². The molecule has 11 heteroatoms. The number of carbonyl (C=O) groups excluding carboxylic acids is 2. The summed E-state index contributed by atoms with van der Waals surface area (Å²) in [5.74, 6) is -0.352. The van der Waals surface area contributed by atoms with Crippen molar-refractivity contribution < 1.29 is 22.8 Å². The first-order valence-corrected chi connectivity index (χ1v) is 11.6. The van der Waals surface area contributed by atoms with Gasteiger partial charge in [0.05, 0.1) is 22.3 Å². The lowest BCUT2D eigenvalue weighted by Crippen LogP contribution is -2.38. The average Bonchev–Trinajstić information content (AvgIpc) is 3.07. The number of thiophene rings is 1. The number of benzene rings is 1. The maximum atomic E-state index is 13.2. The monoisotopic (exact) mass is 491 g/mol. The van der Waals surface area contributed by atoms with Crippen molar-refractivity contribution in [3.63, 3.8) is 0 Å². The Morgan fingerprint density at radius 2 is 1.79 bits per heavy atom. The highest BCUT2D eigenvalue weighted by atomic mass is 32.1. The van der Waals surface area contributed by atoms with Crippen LogP contribution in [0.3, 0.4) is 0 Å². The largest absolute Gasteiger partial charge is 0.416 e. The quantitative estimate of drug-likeness (QED) is 0.528. The third-order valence-electron chi connectivity index (χ3n) is 6.03. The number of hydrogen-bond donors (Lipinski definition) is 2. The van der Waals surface area contributed by atoms with Gasteiger partial charge in [0, 0.05) is 30.8 Å². The molecule has 3 heterocycles. The zero-order chi connectivity index (χ0) is 24.6. The second kappa shape index (κ2) is 9.21. The first kappa shape index (κ1) is 23.9. The van der Waals surface area contributed by atoms with Crippen LogP contribution < -0.4 is 15.5 Å². The number of alkyl halides is 3. The Morgan fingerprint density at radius 3 is 2.44 bits per heavy atom. The summed E-state index contributed by atoms with van der Waals surface area (Å²) in [6.45, 7) is 6.51. The molecular formula is C23H24F3N5O2S. The number of nitrogens with zero attached hydrogens (tertiary/aromatic N) is 3. The Bertz CT molecular complexity index is 1250. The molecule has 1 fully saturated rings. The molecule has 1 saturated heterocycles. The van der Waals surface area contributed by atoms with E-state index in [4.69, 9.17) is 0 Å². The number of aromatic nitrogens is 2. The van der Waals surface area contributed by atoms with E-state index in [0.29, 0.717) is 25.9 Å². The molecule has 0 unspecified atom stereocenters. The van der Waals surface area contributed by atoms with Crippen LogP contribution in [0.5, 0.6) is 0 Å². The fraction of sp³-hybridized carbons (Fsp3) is 0.391. The van der Waals surface area contributed by atoms with E-state index in [0.717, 1.165) is 39.8 Å². The van der Waals surface area contributed by atoms with Crippen molar-refractivity contribution >= 4 is 50.6 Å². The molecule has 2 N–H and O–H groups in total. The van der Waals surface area contributed by atoms with Gasteiger partial charge in [0.1, 0.15) is 17.0 Å². The molecule has 0 aliphatic carbocycles. The lowest BCUT2D eigenvalue weighted by Gasteiger charge is -2.32. The van der Waals surface area contributed by atoms with Gasteiger partial charge >= 0.3 is 6.18 Å². The van der Waals surface area contributed by atoms with Gasteiger partial charge in [-0.25, -0.2) is 9.97 Å². The summed E-state index contributed by atoms with van der Waals surface area (Å²) in [6, 6.07) is 2.86. The van der Waals surface area contributed by atoms with E-state index in [1.54, 1.807) is 17.7 Å². The molecule has 0 atom stereocenters. The molecule has 0 spiro atoms. The van der Waals surface area contributed by atoms with Crippen molar-refractivity contribution in [3.05, 3.63) is 40.5 Å². The van der Waals surface area contributed by atoms with Crippen molar-refractivity contribution in [2.45, 2.75) is 39.8 Å². The summed E-state index contributed by atoms with van der Waals surface area (Å²) in [5, 5.41) is 6.09. The maximum Gasteiger partial charge on any atom is 0.416 e. The number of aryl methyl sites for hydroxylation is 2. The van der Waals surface area contributed by atoms with Crippen LogP contribution in [0.2, 0.25) is 0 Å². The smallest absolute Gasteiger partial charge is 0.356 e. The molecule has 180 valence electrons. The van der Waals surface area contributed by atoms with Crippen LogP contribution in [0.1, 0.15) is 35.8 Å². The number of anilines is 3. The fourth-order valence-corrected chi connectivity index (χ4v) is 5.11. The summed E-state index contributed by atoms with van der Waals surface area (Å²) in [6.07, 6.45) is -1.98. The first-order valence-electron chi connectivity index (χ1n) is 10.8. The minimum Gasteiger partial charge on any atom is -0.356 e. The van der Waals surface area contributed by atoms with Crippen LogP contribution in [0.4, 0.5) is 30.4 Å². The molecule has 0 radical (unpaired) electrons. The number of rotatable bonds is 4. The van der Waals surface area contributed by atoms with E-state index in [9.17, 15) is 22.8 Å². The van der Waals surface area contributed by atoms with Crippen LogP contribution in [0.15, 0.2) is 24.5 Å². The number of amides is 2. The Kier molecular flexibility index (Phi) is 6.48. The summed E-state index contributed by atoms with van der Waals surface area (Å²) < 4.78 is 39.6. The van der Waals surface area contributed by atoms with Gasteiger partial charge in [0.25, 0.3) is 0 Å². The molecule has 34 heavy (non-hydrogen) atoms. The Balaban J connectivity index is 1.49. The Hall–Kier alpha value is -3.21. The molecule has 0 bridgehead atoms. The number of piperidine rings is 1. The van der Waals surface area contributed by atoms with Crippen molar-refractivity contribution in [2.24, 2.45) is 5.92 Å². The van der Waals surface area contributed by atoms with E-state index < -0.39 is 17.6 Å². The lowest BCUT2D eigenvalue weighted by atomic mass is 9.95. The van der Waals surface area contributed by atoms with Gasteiger partial charge in [0.2, 0.25) is 11.8 Å². The molecule has 1 aromatic carbocycles. The molecule has 0 saturated carbocycles. The van der Waals surface area contributed by atoms with E-state index in [2.05, 4.69) is 25.5 Å². The topological polar surface area (TPSA) is 87.2 Å². The molecule has 7 nitrogen and oxygen atoms in total. The number of nitrogens with one attached hydrogen (secondary N) is 2. The summed E-state index contributed by atoms with van der Waals surface area (Å²) in [4.78, 5) is 37.5. The normalized spacial score (nSPS) is 14.9. The van der Waals surface area contributed by atoms with Gasteiger partial charge in [-0.05, 0) is 50.5 Å². The first-order chi connectivity index (χ1) is 16.0. The number of hydrogen-bond acceptors (Lipinski definition) is 6. The van der Waals surface area contributed by atoms with Crippen molar-refractivity contribution in [3.8, 4) is 0 Å². The van der Waals surface area contributed by atoms with Gasteiger partial charge in [-0.15, -0.1) is 11.3 Å². The Morgan fingerprint density at radius 1 is 1.09 bits per heavy atom. The van der Waals surface area contributed by atoms with Crippen LogP contribution in [0, 0.1) is 19.8 Å². The zero-order valence-corrected chi connectivity index (χ0v) is 19.7. The van der Waals surface area contributed by atoms with Crippen molar-refractivity contribution in [2.75, 3.05) is 28.6 Å². The molecule has 4 rings (SSSR count). The summed E-state index contributed by atoms with van der Waals surface area (Å²) in [7, 11) is 0. The van der Waals surface area contributed by atoms with Gasteiger partial charge in [-0.1, -0.05) is 0 Å². The number of fused-ring (bicyclic) bond motifs is 1. The standard InChI is InChI=1S/C23H24F3N5O2S/c1-12-13(2)34-22-19(12)20(27-11-28-22)31-8-6-15(7-9-31)21(33)30-18-10-16(23(24,25)26)4-5-17(18)29-14(3)32/h4-5,10-11,15H,6-9H2,1-3H3,(H,29,32)(H,30,33). The van der Waals surface area contributed by atoms with Crippen LogP contribution in [-0.2, 0) is 15.8 Å². The minimum absolute atomic E-state index is 0.0701. The zero-order valence-electron chi connectivity index (χ0n) is 18.9. The van der Waals surface area contributed by atoms with E-state index >= 15 is 0 Å². The average molecular weight is 492 g/mol. The second-order valence-electron chi connectivity index (χ2n) is 8.35. The highest BCUT2D eigenvalue weighted by molar-refractivity contribution is 7.18. The summed E-state index contributed by atoms with van der Waals surface area (Å²) in [5.41, 5.74) is 0.295. The third-order valence-corrected chi connectivity index (χ3v) is 7.14. The number of halogens is 3. The predicted octanol–water partition coefficient (Wildman–Crippen LogP) is 5.14. The van der Waals surface area contributed by atoms with Gasteiger partial charge in [-0.2, -0.15) is 13.2 Å². The van der Waals surface area contributed by atoms with Crippen LogP contribution in [-0.4, -0.2) is 34.9 Å². The highest BCUT2D eigenvalue weighted by Gasteiger charge is 2.32. The predicted molar refractivity (Wildman–Crippen MR) is 126 cm³/mol. The molecule has 1 aliphatic rings. The van der Waals surface area contributed by atoms with Crippen LogP contribution >= 0.6 is 11.3 Å². The van der Waals surface area contributed by atoms with Crippen molar-refractivity contribution in [1.29, 1.82) is 0 Å². The highest BCUT2D eigenvalue weighted by Crippen LogP contribution is 2.37. The molecular weight excluding hydrogens is 467 g/mol. The van der Waals surface area contributed by atoms with Gasteiger partial charge in [-0.3, -0.25) is 9.59 Å². The Labute approximate surface area is 198 Å². The molecule has 2 amide bonds. The third kappa shape index (κ3) is 4.84. The molecule has 1 aliphatic heterocycles. The van der Waals surface area contributed by atoms with Gasteiger partial charge < -0.3 is 15.5 Å². The number of carbonyl (C=O) groups is 2. The lowest BCUT2D eigenvalue weighted by molar-refractivity contribution is -0.137. The molecule has 3 aromatic rings. The van der Waals surface area contributed by atoms with Crippen molar-refractivity contribution in [1.82, 2.24) is 9.97 Å². The maximum absolute atomic E-state index is 13.2. The van der Waals surface area contributed by atoms with Gasteiger partial charge in [0.15, 0.2) is 0 Å². The summed E-state index contributed by atoms with van der Waals surface area (Å²) >= 11 is 1.62. The van der Waals surface area contributed by atoms with E-state index in [1.165, 1.54) is 11.8 Å².